The minimum atomic E-state index is -0.417. The highest BCUT2D eigenvalue weighted by Crippen LogP contribution is 2.37. The predicted molar refractivity (Wildman–Crippen MR) is 94.1 cm³/mol. The van der Waals surface area contributed by atoms with E-state index >= 15 is 0 Å². The molecule has 24 heavy (non-hydrogen) atoms. The quantitative estimate of drug-likeness (QED) is 0.856. The molecule has 1 amide bonds. The topological polar surface area (TPSA) is 50.8 Å². The van der Waals surface area contributed by atoms with Crippen LogP contribution in [0.25, 0.3) is 0 Å². The molecule has 0 aromatic heterocycles. The molecule has 3 rings (SSSR count). The fourth-order valence-electron chi connectivity index (χ4n) is 4.80. The molecule has 0 radical (unpaired) electrons. The van der Waals surface area contributed by atoms with E-state index in [1.165, 1.54) is 19.3 Å². The molecule has 2 heterocycles. The summed E-state index contributed by atoms with van der Waals surface area (Å²) >= 11 is 0. The Kier molecular flexibility index (Phi) is 5.40. The zero-order valence-electron chi connectivity index (χ0n) is 15.7. The molecule has 0 aromatic rings. The maximum Gasteiger partial charge on any atom is 0.410 e. The number of carbonyl (C=O) groups excluding carboxylic acids is 1. The summed E-state index contributed by atoms with van der Waals surface area (Å²) in [6.45, 7) is 5.82. The molecule has 2 saturated heterocycles. The highest BCUT2D eigenvalue weighted by Gasteiger charge is 2.45. The van der Waals surface area contributed by atoms with Crippen molar-refractivity contribution >= 4 is 6.09 Å². The van der Waals surface area contributed by atoms with Gasteiger partial charge in [-0.3, -0.25) is 0 Å². The molecule has 1 saturated carbocycles. The lowest BCUT2D eigenvalue weighted by atomic mass is 9.89. The van der Waals surface area contributed by atoms with Gasteiger partial charge in [-0.25, -0.2) is 4.79 Å². The SMILES string of the molecule is COC1CCCCC1NC1CC2CCC(C1)N2C(=O)OC(C)(C)C. The fraction of sp³-hybridized carbons (Fsp3) is 0.947. The third-order valence-corrected chi connectivity index (χ3v) is 5.79. The van der Waals surface area contributed by atoms with Crippen molar-refractivity contribution in [2.24, 2.45) is 0 Å². The molecule has 0 aromatic carbocycles. The number of methoxy groups -OCH3 is 1. The first kappa shape index (κ1) is 18.0. The molecule has 138 valence electrons. The lowest BCUT2D eigenvalue weighted by Crippen LogP contribution is -2.56. The van der Waals surface area contributed by atoms with Crippen LogP contribution in [0, 0.1) is 0 Å². The maximum atomic E-state index is 12.5. The third kappa shape index (κ3) is 4.05. The molecule has 5 nitrogen and oxygen atoms in total. The standard InChI is InChI=1S/C19H34N2O3/c1-19(2,3)24-18(22)21-14-9-10-15(21)12-13(11-14)20-16-7-5-6-8-17(16)23-4/h13-17,20H,5-12H2,1-4H3. The Balaban J connectivity index is 1.58. The molecule has 1 aliphatic carbocycles. The Bertz CT molecular complexity index is 434. The van der Waals surface area contributed by atoms with Gasteiger partial charge < -0.3 is 19.7 Å². The first-order chi connectivity index (χ1) is 11.4. The van der Waals surface area contributed by atoms with Gasteiger partial charge in [0, 0.05) is 31.3 Å². The second-order valence-corrected chi connectivity index (χ2v) is 8.77. The van der Waals surface area contributed by atoms with Crippen LogP contribution < -0.4 is 5.32 Å². The average Bonchev–Trinajstić information content (AvgIpc) is 2.78. The maximum absolute atomic E-state index is 12.5. The van der Waals surface area contributed by atoms with Crippen molar-refractivity contribution in [2.45, 2.75) is 108 Å². The number of ether oxygens (including phenoxy) is 2. The van der Waals surface area contributed by atoms with Gasteiger partial charge in [0.25, 0.3) is 0 Å². The summed E-state index contributed by atoms with van der Waals surface area (Å²) in [5, 5.41) is 3.86. The molecule has 4 atom stereocenters. The van der Waals surface area contributed by atoms with E-state index in [-0.39, 0.29) is 6.09 Å². The summed E-state index contributed by atoms with van der Waals surface area (Å²) in [6, 6.07) is 1.64. The summed E-state index contributed by atoms with van der Waals surface area (Å²) < 4.78 is 11.3. The number of carbonyl (C=O) groups is 1. The molecule has 5 heteroatoms. The van der Waals surface area contributed by atoms with Crippen LogP contribution in [-0.4, -0.2) is 54.0 Å². The number of rotatable bonds is 3. The number of nitrogens with one attached hydrogen (secondary N) is 1. The van der Waals surface area contributed by atoms with Gasteiger partial charge in [-0.1, -0.05) is 12.8 Å². The normalized spacial score (nSPS) is 36.7. The molecule has 0 spiro atoms. The Morgan fingerprint density at radius 2 is 1.67 bits per heavy atom. The van der Waals surface area contributed by atoms with E-state index in [4.69, 9.17) is 9.47 Å². The largest absolute Gasteiger partial charge is 0.444 e. The van der Waals surface area contributed by atoms with E-state index in [9.17, 15) is 4.79 Å². The van der Waals surface area contributed by atoms with Crippen LogP contribution in [0.2, 0.25) is 0 Å². The van der Waals surface area contributed by atoms with Gasteiger partial charge in [0.15, 0.2) is 0 Å². The summed E-state index contributed by atoms with van der Waals surface area (Å²) in [7, 11) is 1.83. The third-order valence-electron chi connectivity index (χ3n) is 5.79. The Morgan fingerprint density at radius 1 is 1.04 bits per heavy atom. The van der Waals surface area contributed by atoms with Crippen LogP contribution in [0.5, 0.6) is 0 Å². The molecule has 3 fully saturated rings. The highest BCUT2D eigenvalue weighted by molar-refractivity contribution is 5.69. The van der Waals surface area contributed by atoms with Crippen LogP contribution in [-0.2, 0) is 9.47 Å². The van der Waals surface area contributed by atoms with Gasteiger partial charge in [-0.15, -0.1) is 0 Å². The highest BCUT2D eigenvalue weighted by atomic mass is 16.6. The van der Waals surface area contributed by atoms with E-state index in [1.807, 2.05) is 32.8 Å². The van der Waals surface area contributed by atoms with Gasteiger partial charge in [0.05, 0.1) is 6.10 Å². The molecule has 2 bridgehead atoms. The van der Waals surface area contributed by atoms with E-state index in [1.54, 1.807) is 0 Å². The van der Waals surface area contributed by atoms with Crippen molar-refractivity contribution < 1.29 is 14.3 Å². The van der Waals surface area contributed by atoms with Crippen molar-refractivity contribution in [3.63, 3.8) is 0 Å². The minimum Gasteiger partial charge on any atom is -0.444 e. The van der Waals surface area contributed by atoms with Crippen molar-refractivity contribution in [3.05, 3.63) is 0 Å². The monoisotopic (exact) mass is 338 g/mol. The van der Waals surface area contributed by atoms with Crippen LogP contribution in [0.4, 0.5) is 4.79 Å². The minimum absolute atomic E-state index is 0.124. The van der Waals surface area contributed by atoms with Gasteiger partial charge in [-0.05, 0) is 59.3 Å². The van der Waals surface area contributed by atoms with E-state index in [0.29, 0.717) is 30.3 Å². The van der Waals surface area contributed by atoms with Crippen molar-refractivity contribution in [3.8, 4) is 0 Å². The smallest absolute Gasteiger partial charge is 0.410 e. The number of fused-ring (bicyclic) bond motifs is 2. The summed E-state index contributed by atoms with van der Waals surface area (Å²) in [5.41, 5.74) is -0.417. The van der Waals surface area contributed by atoms with Crippen LogP contribution >= 0.6 is 0 Å². The van der Waals surface area contributed by atoms with Gasteiger partial charge in [0.2, 0.25) is 0 Å². The summed E-state index contributed by atoms with van der Waals surface area (Å²) in [5.74, 6) is 0. The number of piperidine rings is 1. The summed E-state index contributed by atoms with van der Waals surface area (Å²) in [6.07, 6.45) is 9.48. The van der Waals surface area contributed by atoms with E-state index in [2.05, 4.69) is 5.32 Å². The molecule has 4 unspecified atom stereocenters. The Morgan fingerprint density at radius 3 is 2.25 bits per heavy atom. The van der Waals surface area contributed by atoms with Crippen LogP contribution in [0.1, 0.15) is 72.1 Å². The van der Waals surface area contributed by atoms with E-state index < -0.39 is 5.60 Å². The zero-order chi connectivity index (χ0) is 17.3. The number of hydrogen-bond donors (Lipinski definition) is 1. The Labute approximate surface area is 146 Å². The number of amides is 1. The number of nitrogens with zero attached hydrogens (tertiary/aromatic N) is 1. The molecular weight excluding hydrogens is 304 g/mol. The lowest BCUT2D eigenvalue weighted by molar-refractivity contribution is -0.000485. The molecule has 3 aliphatic rings. The van der Waals surface area contributed by atoms with Gasteiger partial charge in [0.1, 0.15) is 5.60 Å². The molecular formula is C19H34N2O3. The average molecular weight is 338 g/mol. The molecule has 1 N–H and O–H groups in total. The van der Waals surface area contributed by atoms with Crippen molar-refractivity contribution in [1.29, 1.82) is 0 Å². The predicted octanol–water partition coefficient (Wildman–Crippen LogP) is 3.46. The van der Waals surface area contributed by atoms with Gasteiger partial charge in [-0.2, -0.15) is 0 Å². The first-order valence-corrected chi connectivity index (χ1v) is 9.67. The lowest BCUT2D eigenvalue weighted by Gasteiger charge is -2.42. The Hall–Kier alpha value is -0.810. The van der Waals surface area contributed by atoms with Gasteiger partial charge >= 0.3 is 6.09 Å². The van der Waals surface area contributed by atoms with Crippen LogP contribution in [0.15, 0.2) is 0 Å². The van der Waals surface area contributed by atoms with E-state index in [0.717, 1.165) is 32.1 Å². The zero-order valence-corrected chi connectivity index (χ0v) is 15.7. The summed E-state index contributed by atoms with van der Waals surface area (Å²) in [4.78, 5) is 14.6. The number of hydrogen-bond acceptors (Lipinski definition) is 4. The second kappa shape index (κ2) is 7.20. The second-order valence-electron chi connectivity index (χ2n) is 8.77. The van der Waals surface area contributed by atoms with Crippen molar-refractivity contribution in [2.75, 3.05) is 7.11 Å². The first-order valence-electron chi connectivity index (χ1n) is 9.67. The molecule has 2 aliphatic heterocycles. The fourth-order valence-corrected chi connectivity index (χ4v) is 4.80. The van der Waals surface area contributed by atoms with Crippen LogP contribution in [0.3, 0.4) is 0 Å². The van der Waals surface area contributed by atoms with Crippen molar-refractivity contribution in [1.82, 2.24) is 10.2 Å².